The first kappa shape index (κ1) is 6.48. The highest BCUT2D eigenvalue weighted by atomic mass is 32.1. The lowest BCUT2D eigenvalue weighted by Gasteiger charge is -1.85. The molecule has 0 aliphatic carbocycles. The second kappa shape index (κ2) is 2.13. The van der Waals surface area contributed by atoms with Gasteiger partial charge >= 0.3 is 5.76 Å². The van der Waals surface area contributed by atoms with Crippen LogP contribution in [0.4, 0.5) is 0 Å². The van der Waals surface area contributed by atoms with E-state index >= 15 is 0 Å². The van der Waals surface area contributed by atoms with E-state index in [-0.39, 0.29) is 0 Å². The maximum atomic E-state index is 10.8. The molecule has 0 saturated heterocycles. The van der Waals surface area contributed by atoms with Crippen LogP contribution < -0.4 is 5.76 Å². The summed E-state index contributed by atoms with van der Waals surface area (Å²) in [5, 5.41) is 0. The standard InChI is InChI=1S/C6H4N2O2S/c9-6-8(11)4-1-2-7-3-5(4)10-6/h1-3,11H. The highest BCUT2D eigenvalue weighted by Crippen LogP contribution is 2.09. The van der Waals surface area contributed by atoms with E-state index in [0.29, 0.717) is 11.1 Å². The third-order valence-electron chi connectivity index (χ3n) is 1.36. The summed E-state index contributed by atoms with van der Waals surface area (Å²) in [4.78, 5) is 14.6. The largest absolute Gasteiger partial charge is 0.430 e. The van der Waals surface area contributed by atoms with E-state index in [1.165, 1.54) is 6.20 Å². The Balaban J connectivity index is 3.04. The van der Waals surface area contributed by atoms with E-state index in [2.05, 4.69) is 17.8 Å². The average molecular weight is 168 g/mol. The Bertz CT molecular complexity index is 445. The summed E-state index contributed by atoms with van der Waals surface area (Å²) in [6, 6.07) is 1.66. The number of rotatable bonds is 0. The minimum Gasteiger partial charge on any atom is -0.405 e. The fourth-order valence-corrected chi connectivity index (χ4v) is 1.07. The molecule has 0 N–H and O–H groups in total. The third-order valence-corrected chi connectivity index (χ3v) is 1.74. The summed E-state index contributed by atoms with van der Waals surface area (Å²) in [5.41, 5.74) is 1.08. The molecule has 0 fully saturated rings. The van der Waals surface area contributed by atoms with Gasteiger partial charge < -0.3 is 4.42 Å². The fraction of sp³-hybridized carbons (Fsp3) is 0. The van der Waals surface area contributed by atoms with Gasteiger partial charge in [-0.15, -0.1) is 0 Å². The second-order valence-electron chi connectivity index (χ2n) is 2.02. The summed E-state index contributed by atoms with van der Waals surface area (Å²) in [5.74, 6) is -0.490. The van der Waals surface area contributed by atoms with Crippen LogP contribution in [-0.2, 0) is 0 Å². The molecule has 0 bridgehead atoms. The quantitative estimate of drug-likeness (QED) is 0.588. The Morgan fingerprint density at radius 1 is 1.64 bits per heavy atom. The van der Waals surface area contributed by atoms with Gasteiger partial charge in [0.1, 0.15) is 5.52 Å². The number of hydrogen-bond donors (Lipinski definition) is 1. The van der Waals surface area contributed by atoms with Gasteiger partial charge in [-0.1, -0.05) is 12.8 Å². The Kier molecular flexibility index (Phi) is 1.25. The Morgan fingerprint density at radius 3 is 3.18 bits per heavy atom. The highest BCUT2D eigenvalue weighted by Gasteiger charge is 2.03. The minimum absolute atomic E-state index is 0.451. The molecule has 0 atom stereocenters. The van der Waals surface area contributed by atoms with Crippen LogP contribution in [0.5, 0.6) is 0 Å². The minimum atomic E-state index is -0.490. The molecule has 5 heteroatoms. The lowest BCUT2D eigenvalue weighted by molar-refractivity contribution is 0.549. The van der Waals surface area contributed by atoms with Gasteiger partial charge in [-0.2, -0.15) is 0 Å². The molecular formula is C6H4N2O2S. The Hall–Kier alpha value is -1.23. The van der Waals surface area contributed by atoms with Crippen molar-refractivity contribution in [2.45, 2.75) is 0 Å². The molecule has 0 unspecified atom stereocenters. The molecule has 2 aromatic heterocycles. The van der Waals surface area contributed by atoms with Crippen molar-refractivity contribution in [3.63, 3.8) is 0 Å². The van der Waals surface area contributed by atoms with Gasteiger partial charge in [-0.3, -0.25) is 4.98 Å². The van der Waals surface area contributed by atoms with Crippen LogP contribution in [0.25, 0.3) is 11.1 Å². The molecule has 2 heterocycles. The number of fused-ring (bicyclic) bond motifs is 1. The second-order valence-corrected chi connectivity index (χ2v) is 2.42. The van der Waals surface area contributed by atoms with Gasteiger partial charge in [0.2, 0.25) is 0 Å². The van der Waals surface area contributed by atoms with Crippen LogP contribution in [0.1, 0.15) is 0 Å². The monoisotopic (exact) mass is 168 g/mol. The van der Waals surface area contributed by atoms with Gasteiger partial charge in [0.15, 0.2) is 5.58 Å². The Labute approximate surface area is 67.0 Å². The molecule has 0 aliphatic heterocycles. The summed E-state index contributed by atoms with van der Waals surface area (Å²) in [6.45, 7) is 0. The first-order valence-electron chi connectivity index (χ1n) is 2.94. The first-order valence-corrected chi connectivity index (χ1v) is 3.34. The van der Waals surface area contributed by atoms with Gasteiger partial charge in [-0.25, -0.2) is 8.77 Å². The number of oxazole rings is 1. The number of nitrogens with zero attached hydrogens (tertiary/aromatic N) is 2. The van der Waals surface area contributed by atoms with Gasteiger partial charge in [-0.05, 0) is 6.07 Å². The topological polar surface area (TPSA) is 48.0 Å². The van der Waals surface area contributed by atoms with Crippen molar-refractivity contribution in [1.82, 2.24) is 8.96 Å². The van der Waals surface area contributed by atoms with E-state index < -0.39 is 5.76 Å². The van der Waals surface area contributed by atoms with Crippen molar-refractivity contribution in [3.05, 3.63) is 29.0 Å². The molecule has 0 saturated carbocycles. The van der Waals surface area contributed by atoms with Crippen molar-refractivity contribution in [3.8, 4) is 0 Å². The van der Waals surface area contributed by atoms with Crippen LogP contribution >= 0.6 is 12.8 Å². The van der Waals surface area contributed by atoms with Gasteiger partial charge in [0.05, 0.1) is 6.20 Å². The van der Waals surface area contributed by atoms with Crippen molar-refractivity contribution < 1.29 is 4.42 Å². The molecule has 0 radical (unpaired) electrons. The molecule has 0 amide bonds. The molecular weight excluding hydrogens is 164 g/mol. The SMILES string of the molecule is O=c1oc2cnccc2n1S. The zero-order chi connectivity index (χ0) is 7.84. The summed E-state index contributed by atoms with van der Waals surface area (Å²) in [6.07, 6.45) is 3.05. The third kappa shape index (κ3) is 0.848. The first-order chi connectivity index (χ1) is 5.29. The molecule has 0 spiro atoms. The smallest absolute Gasteiger partial charge is 0.405 e. The molecule has 0 aromatic carbocycles. The number of pyridine rings is 1. The van der Waals surface area contributed by atoms with Crippen molar-refractivity contribution in [1.29, 1.82) is 0 Å². The number of aromatic nitrogens is 2. The van der Waals surface area contributed by atoms with E-state index in [4.69, 9.17) is 4.42 Å². The van der Waals surface area contributed by atoms with E-state index in [1.54, 1.807) is 12.3 Å². The van der Waals surface area contributed by atoms with Crippen LogP contribution in [0.3, 0.4) is 0 Å². The zero-order valence-corrected chi connectivity index (χ0v) is 6.28. The molecule has 0 aliphatic rings. The van der Waals surface area contributed by atoms with Gasteiger partial charge in [0.25, 0.3) is 0 Å². The maximum absolute atomic E-state index is 10.8. The molecule has 56 valence electrons. The molecule has 4 nitrogen and oxygen atoms in total. The van der Waals surface area contributed by atoms with Crippen molar-refractivity contribution >= 4 is 23.9 Å². The van der Waals surface area contributed by atoms with Gasteiger partial charge in [0, 0.05) is 6.20 Å². The maximum Gasteiger partial charge on any atom is 0.430 e. The summed E-state index contributed by atoms with van der Waals surface area (Å²) in [7, 11) is 0. The Morgan fingerprint density at radius 2 is 2.45 bits per heavy atom. The lowest BCUT2D eigenvalue weighted by Crippen LogP contribution is -2.03. The van der Waals surface area contributed by atoms with E-state index in [9.17, 15) is 4.79 Å². The fourth-order valence-electron chi connectivity index (χ4n) is 0.862. The normalized spacial score (nSPS) is 10.6. The highest BCUT2D eigenvalue weighted by molar-refractivity contribution is 7.78. The van der Waals surface area contributed by atoms with E-state index in [0.717, 1.165) is 3.97 Å². The summed E-state index contributed by atoms with van der Waals surface area (Å²) >= 11 is 3.90. The number of hydrogen-bond acceptors (Lipinski definition) is 4. The van der Waals surface area contributed by atoms with Crippen molar-refractivity contribution in [2.24, 2.45) is 0 Å². The average Bonchev–Trinajstić information content (AvgIpc) is 2.30. The van der Waals surface area contributed by atoms with E-state index in [1.807, 2.05) is 0 Å². The van der Waals surface area contributed by atoms with Crippen molar-refractivity contribution in [2.75, 3.05) is 0 Å². The lowest BCUT2D eigenvalue weighted by atomic mass is 10.4. The predicted molar refractivity (Wildman–Crippen MR) is 42.7 cm³/mol. The van der Waals surface area contributed by atoms with Crippen LogP contribution in [-0.4, -0.2) is 8.96 Å². The van der Waals surface area contributed by atoms with Crippen LogP contribution in [0, 0.1) is 0 Å². The molecule has 11 heavy (non-hydrogen) atoms. The molecule has 2 aromatic rings. The predicted octanol–water partition coefficient (Wildman–Crippen LogP) is 0.682. The number of thiol groups is 1. The van der Waals surface area contributed by atoms with Crippen LogP contribution in [0.15, 0.2) is 27.7 Å². The summed E-state index contributed by atoms with van der Waals surface area (Å²) < 4.78 is 5.90. The molecule has 2 rings (SSSR count). The zero-order valence-electron chi connectivity index (χ0n) is 5.39. The van der Waals surface area contributed by atoms with Crippen LogP contribution in [0.2, 0.25) is 0 Å².